The number of nitrogens with zero attached hydrogens (tertiary/aromatic N) is 4. The Hall–Kier alpha value is -2.93. The van der Waals surface area contributed by atoms with Crippen molar-refractivity contribution in [3.8, 4) is 11.6 Å². The summed E-state index contributed by atoms with van der Waals surface area (Å²) in [5.74, 6) is 1.77. The van der Waals surface area contributed by atoms with Gasteiger partial charge < -0.3 is 10.1 Å². The lowest BCUT2D eigenvalue weighted by atomic mass is 9.86. The summed E-state index contributed by atoms with van der Waals surface area (Å²) in [7, 11) is 0. The second-order valence-electron chi connectivity index (χ2n) is 7.01. The number of rotatable bonds is 4. The number of ether oxygens (including phenoxy) is 1. The minimum absolute atomic E-state index is 0.0666. The van der Waals surface area contributed by atoms with E-state index in [1.807, 2.05) is 45.0 Å². The molecule has 1 amide bonds. The normalized spacial score (nSPS) is 16.0. The fraction of sp³-hybridized carbons (Fsp3) is 0.300. The van der Waals surface area contributed by atoms with Crippen molar-refractivity contribution < 1.29 is 9.53 Å². The van der Waals surface area contributed by atoms with Gasteiger partial charge in [-0.2, -0.15) is 9.78 Å². The van der Waals surface area contributed by atoms with Crippen LogP contribution in [-0.4, -0.2) is 32.0 Å². The van der Waals surface area contributed by atoms with E-state index in [1.165, 1.54) is 0 Å². The fourth-order valence-corrected chi connectivity index (χ4v) is 3.57. The van der Waals surface area contributed by atoms with Crippen molar-refractivity contribution in [2.24, 2.45) is 0 Å². The predicted molar refractivity (Wildman–Crippen MR) is 106 cm³/mol. The number of anilines is 1. The number of carbonyl (C=O) groups is 1. The molecule has 1 N–H and O–H groups in total. The summed E-state index contributed by atoms with van der Waals surface area (Å²) < 4.78 is 7.33. The van der Waals surface area contributed by atoms with Crippen molar-refractivity contribution in [2.45, 2.75) is 39.2 Å². The highest BCUT2D eigenvalue weighted by molar-refractivity contribution is 6.29. The Bertz CT molecular complexity index is 1010. The molecule has 1 aliphatic rings. The maximum absolute atomic E-state index is 12.4. The van der Waals surface area contributed by atoms with Gasteiger partial charge in [0.05, 0.1) is 11.8 Å². The summed E-state index contributed by atoms with van der Waals surface area (Å²) in [6, 6.07) is 11.2. The van der Waals surface area contributed by atoms with E-state index < -0.39 is 0 Å². The highest BCUT2D eigenvalue weighted by Crippen LogP contribution is 2.40. The van der Waals surface area contributed by atoms with E-state index in [0.717, 1.165) is 22.6 Å². The molecule has 1 atom stereocenters. The van der Waals surface area contributed by atoms with Crippen LogP contribution in [0.1, 0.15) is 43.0 Å². The maximum Gasteiger partial charge on any atom is 0.226 e. The fourth-order valence-electron chi connectivity index (χ4n) is 3.47. The number of hydrogen-bond acceptors (Lipinski definition) is 5. The van der Waals surface area contributed by atoms with Gasteiger partial charge in [-0.15, -0.1) is 10.2 Å². The SMILES string of the molecule is Cc1nn(-c2ccc(Cl)nn2)c2c1C(c1ccc(OC(C)C)cc1)CC(=O)N2. The van der Waals surface area contributed by atoms with Crippen LogP contribution in [0.2, 0.25) is 5.15 Å². The lowest BCUT2D eigenvalue weighted by Gasteiger charge is -2.24. The van der Waals surface area contributed by atoms with Crippen molar-refractivity contribution >= 4 is 23.3 Å². The Kier molecular flexibility index (Phi) is 4.77. The van der Waals surface area contributed by atoms with Crippen LogP contribution in [0, 0.1) is 6.92 Å². The van der Waals surface area contributed by atoms with Gasteiger partial charge in [-0.1, -0.05) is 23.7 Å². The third-order valence-corrected chi connectivity index (χ3v) is 4.79. The highest BCUT2D eigenvalue weighted by Gasteiger charge is 2.33. The number of nitrogens with one attached hydrogen (secondary N) is 1. The Labute approximate surface area is 167 Å². The molecule has 0 radical (unpaired) electrons. The van der Waals surface area contributed by atoms with Crippen molar-refractivity contribution in [1.82, 2.24) is 20.0 Å². The average molecular weight is 398 g/mol. The molecule has 0 fully saturated rings. The van der Waals surface area contributed by atoms with Gasteiger partial charge in [-0.25, -0.2) is 0 Å². The van der Waals surface area contributed by atoms with Gasteiger partial charge in [0, 0.05) is 17.9 Å². The smallest absolute Gasteiger partial charge is 0.226 e. The summed E-state index contributed by atoms with van der Waals surface area (Å²) in [5.41, 5.74) is 2.85. The lowest BCUT2D eigenvalue weighted by Crippen LogP contribution is -2.25. The molecule has 144 valence electrons. The van der Waals surface area contributed by atoms with Crippen LogP contribution in [0.3, 0.4) is 0 Å². The Morgan fingerprint density at radius 3 is 2.57 bits per heavy atom. The zero-order valence-electron chi connectivity index (χ0n) is 15.8. The van der Waals surface area contributed by atoms with Crippen LogP contribution in [-0.2, 0) is 4.79 Å². The number of aromatic nitrogens is 4. The Morgan fingerprint density at radius 1 is 1.18 bits per heavy atom. The molecule has 28 heavy (non-hydrogen) atoms. The van der Waals surface area contributed by atoms with E-state index in [4.69, 9.17) is 16.3 Å². The molecular weight excluding hydrogens is 378 g/mol. The third-order valence-electron chi connectivity index (χ3n) is 4.59. The molecule has 0 saturated carbocycles. The van der Waals surface area contributed by atoms with E-state index in [-0.39, 0.29) is 17.9 Å². The number of halogens is 1. The zero-order valence-corrected chi connectivity index (χ0v) is 16.6. The molecule has 0 spiro atoms. The lowest BCUT2D eigenvalue weighted by molar-refractivity contribution is -0.116. The molecule has 0 bridgehead atoms. The van der Waals surface area contributed by atoms with Crippen LogP contribution in [0.25, 0.3) is 5.82 Å². The first-order valence-electron chi connectivity index (χ1n) is 9.08. The van der Waals surface area contributed by atoms with Gasteiger partial charge in [0.1, 0.15) is 11.6 Å². The number of carbonyl (C=O) groups excluding carboxylic acids is 1. The second kappa shape index (κ2) is 7.24. The van der Waals surface area contributed by atoms with Crippen molar-refractivity contribution in [2.75, 3.05) is 5.32 Å². The summed E-state index contributed by atoms with van der Waals surface area (Å²) in [6.45, 7) is 5.91. The Morgan fingerprint density at radius 2 is 1.93 bits per heavy atom. The van der Waals surface area contributed by atoms with Gasteiger partial charge >= 0.3 is 0 Å². The van der Waals surface area contributed by atoms with Crippen LogP contribution in [0.4, 0.5) is 5.82 Å². The molecule has 1 aromatic carbocycles. The van der Waals surface area contributed by atoms with Gasteiger partial charge in [0.25, 0.3) is 0 Å². The topological polar surface area (TPSA) is 81.9 Å². The van der Waals surface area contributed by atoms with Crippen LogP contribution in [0.15, 0.2) is 36.4 Å². The van der Waals surface area contributed by atoms with Gasteiger partial charge in [0.15, 0.2) is 11.0 Å². The molecule has 0 saturated heterocycles. The molecule has 7 nitrogen and oxygen atoms in total. The number of amides is 1. The van der Waals surface area contributed by atoms with Crippen molar-refractivity contribution in [3.05, 3.63) is 58.4 Å². The molecule has 0 aliphatic carbocycles. The third kappa shape index (κ3) is 3.45. The van der Waals surface area contributed by atoms with Gasteiger partial charge in [0.2, 0.25) is 5.91 Å². The molecular formula is C20H20ClN5O2. The van der Waals surface area contributed by atoms with E-state index >= 15 is 0 Å². The second-order valence-corrected chi connectivity index (χ2v) is 7.40. The molecule has 4 rings (SSSR count). The standard InChI is InChI=1S/C20H20ClN5O2/c1-11(2)28-14-6-4-13(5-7-14)15-10-18(27)22-20-19(15)12(3)25-26(20)17-9-8-16(21)23-24-17/h4-9,11,15H,10H2,1-3H3,(H,22,27). The van der Waals surface area contributed by atoms with E-state index in [1.54, 1.807) is 16.8 Å². The van der Waals surface area contributed by atoms with E-state index in [0.29, 0.717) is 23.2 Å². The zero-order chi connectivity index (χ0) is 19.8. The minimum Gasteiger partial charge on any atom is -0.491 e. The van der Waals surface area contributed by atoms with E-state index in [9.17, 15) is 4.79 Å². The number of aryl methyl sites for hydroxylation is 1. The molecule has 1 aliphatic heterocycles. The summed E-state index contributed by atoms with van der Waals surface area (Å²) >= 11 is 5.84. The number of hydrogen-bond donors (Lipinski definition) is 1. The summed E-state index contributed by atoms with van der Waals surface area (Å²) in [4.78, 5) is 12.4. The first-order chi connectivity index (χ1) is 13.4. The van der Waals surface area contributed by atoms with Crippen LogP contribution >= 0.6 is 11.6 Å². The molecule has 2 aromatic heterocycles. The molecule has 3 heterocycles. The van der Waals surface area contributed by atoms with E-state index in [2.05, 4.69) is 20.6 Å². The van der Waals surface area contributed by atoms with Gasteiger partial charge in [-0.3, -0.25) is 4.79 Å². The molecule has 1 unspecified atom stereocenters. The Balaban J connectivity index is 1.75. The van der Waals surface area contributed by atoms with Crippen molar-refractivity contribution in [1.29, 1.82) is 0 Å². The minimum atomic E-state index is -0.0918. The van der Waals surface area contributed by atoms with Crippen LogP contribution < -0.4 is 10.1 Å². The number of benzene rings is 1. The largest absolute Gasteiger partial charge is 0.491 e. The molecule has 3 aromatic rings. The van der Waals surface area contributed by atoms with Crippen molar-refractivity contribution in [3.63, 3.8) is 0 Å². The quantitative estimate of drug-likeness (QED) is 0.722. The highest BCUT2D eigenvalue weighted by atomic mass is 35.5. The first-order valence-corrected chi connectivity index (χ1v) is 9.45. The van der Waals surface area contributed by atoms with Crippen LogP contribution in [0.5, 0.6) is 5.75 Å². The summed E-state index contributed by atoms with van der Waals surface area (Å²) in [5, 5.41) is 15.8. The predicted octanol–water partition coefficient (Wildman–Crippen LogP) is 3.89. The average Bonchev–Trinajstić information content (AvgIpc) is 2.98. The number of fused-ring (bicyclic) bond motifs is 1. The molecule has 8 heteroatoms. The summed E-state index contributed by atoms with van der Waals surface area (Å²) in [6.07, 6.45) is 0.467. The van der Waals surface area contributed by atoms with Gasteiger partial charge in [-0.05, 0) is 50.6 Å². The monoisotopic (exact) mass is 397 g/mol. The maximum atomic E-state index is 12.4. The first kappa shape index (κ1) is 18.4.